The smallest absolute Gasteiger partial charge is 0.338 e. The molecule has 0 bridgehead atoms. The summed E-state index contributed by atoms with van der Waals surface area (Å²) < 4.78 is 10.9. The van der Waals surface area contributed by atoms with Gasteiger partial charge in [0.2, 0.25) is 0 Å². The van der Waals surface area contributed by atoms with Crippen molar-refractivity contribution in [1.82, 2.24) is 10.3 Å². The summed E-state index contributed by atoms with van der Waals surface area (Å²) >= 11 is 0. The quantitative estimate of drug-likeness (QED) is 0.489. The highest BCUT2D eigenvalue weighted by molar-refractivity contribution is 5.97. The number of fused-ring (bicyclic) bond motifs is 2. The number of benzene rings is 2. The zero-order chi connectivity index (χ0) is 20.5. The van der Waals surface area contributed by atoms with Crippen molar-refractivity contribution in [2.45, 2.75) is 26.8 Å². The van der Waals surface area contributed by atoms with Gasteiger partial charge in [0, 0.05) is 22.0 Å². The standard InChI is InChI=1S/C23H22N2O4/c1-13-14(2)24-19-9-8-17(10-18(13)19)23(27)28-12-22(26)25-15(3)21-11-16-6-4-5-7-20(16)29-21/h4-11,15,24H,12H2,1-3H3,(H,25,26). The predicted octanol–water partition coefficient (Wildman–Crippen LogP) is 4.57. The van der Waals surface area contributed by atoms with Crippen LogP contribution in [0.1, 0.15) is 40.3 Å². The number of aryl methyl sites for hydroxylation is 2. The first-order valence-corrected chi connectivity index (χ1v) is 9.46. The molecular formula is C23H22N2O4. The monoisotopic (exact) mass is 390 g/mol. The minimum Gasteiger partial charge on any atom is -0.459 e. The summed E-state index contributed by atoms with van der Waals surface area (Å²) in [6.07, 6.45) is 0. The van der Waals surface area contributed by atoms with Crippen molar-refractivity contribution in [2.75, 3.05) is 6.61 Å². The molecule has 0 saturated heterocycles. The van der Waals surface area contributed by atoms with Crippen LogP contribution in [0.2, 0.25) is 0 Å². The highest BCUT2D eigenvalue weighted by Crippen LogP contribution is 2.24. The Balaban J connectivity index is 1.37. The molecule has 0 fully saturated rings. The number of H-pyrrole nitrogens is 1. The van der Waals surface area contributed by atoms with E-state index < -0.39 is 5.97 Å². The lowest BCUT2D eigenvalue weighted by atomic mass is 10.1. The van der Waals surface area contributed by atoms with Gasteiger partial charge in [-0.25, -0.2) is 4.79 Å². The highest BCUT2D eigenvalue weighted by atomic mass is 16.5. The van der Waals surface area contributed by atoms with E-state index in [2.05, 4.69) is 10.3 Å². The van der Waals surface area contributed by atoms with Crippen LogP contribution in [0, 0.1) is 13.8 Å². The number of amides is 1. The SMILES string of the molecule is Cc1[nH]c2ccc(C(=O)OCC(=O)NC(C)c3cc4ccccc4o3)cc2c1C. The minimum atomic E-state index is -0.531. The number of hydrogen-bond acceptors (Lipinski definition) is 4. The van der Waals surface area contributed by atoms with E-state index >= 15 is 0 Å². The van der Waals surface area contributed by atoms with Gasteiger partial charge in [0.15, 0.2) is 6.61 Å². The molecule has 4 rings (SSSR count). The van der Waals surface area contributed by atoms with Crippen LogP contribution >= 0.6 is 0 Å². The molecule has 0 aliphatic carbocycles. The van der Waals surface area contributed by atoms with Gasteiger partial charge in [0.25, 0.3) is 5.91 Å². The molecule has 0 saturated carbocycles. The van der Waals surface area contributed by atoms with E-state index in [1.165, 1.54) is 0 Å². The van der Waals surface area contributed by atoms with Gasteiger partial charge < -0.3 is 19.5 Å². The van der Waals surface area contributed by atoms with Crippen molar-refractivity contribution in [3.05, 3.63) is 71.1 Å². The lowest BCUT2D eigenvalue weighted by Gasteiger charge is -2.11. The Labute approximate surface area is 167 Å². The molecule has 2 aromatic heterocycles. The van der Waals surface area contributed by atoms with E-state index in [0.717, 1.165) is 33.1 Å². The van der Waals surface area contributed by atoms with Crippen LogP contribution in [0.4, 0.5) is 0 Å². The Morgan fingerprint density at radius 3 is 2.72 bits per heavy atom. The first-order chi connectivity index (χ1) is 13.9. The molecule has 1 unspecified atom stereocenters. The number of carbonyl (C=O) groups is 2. The molecule has 0 aliphatic heterocycles. The van der Waals surface area contributed by atoms with Gasteiger partial charge in [-0.15, -0.1) is 0 Å². The van der Waals surface area contributed by atoms with Gasteiger partial charge in [0.05, 0.1) is 11.6 Å². The van der Waals surface area contributed by atoms with Crippen LogP contribution in [0.25, 0.3) is 21.9 Å². The number of aromatic nitrogens is 1. The average Bonchev–Trinajstić information content (AvgIpc) is 3.27. The highest BCUT2D eigenvalue weighted by Gasteiger charge is 2.17. The number of ether oxygens (including phenoxy) is 1. The Morgan fingerprint density at radius 2 is 1.93 bits per heavy atom. The molecule has 2 heterocycles. The fourth-order valence-corrected chi connectivity index (χ4v) is 3.37. The van der Waals surface area contributed by atoms with Gasteiger partial charge in [-0.2, -0.15) is 0 Å². The fraction of sp³-hybridized carbons (Fsp3) is 0.217. The molecule has 29 heavy (non-hydrogen) atoms. The van der Waals surface area contributed by atoms with Crippen LogP contribution in [-0.4, -0.2) is 23.5 Å². The van der Waals surface area contributed by atoms with E-state index in [1.54, 1.807) is 12.1 Å². The fourth-order valence-electron chi connectivity index (χ4n) is 3.37. The summed E-state index contributed by atoms with van der Waals surface area (Å²) in [6.45, 7) is 5.45. The number of nitrogens with one attached hydrogen (secondary N) is 2. The summed E-state index contributed by atoms with van der Waals surface area (Å²) in [6, 6.07) is 14.5. The number of esters is 1. The Bertz CT molecular complexity index is 1190. The molecule has 4 aromatic rings. The number of carbonyl (C=O) groups excluding carboxylic acids is 2. The van der Waals surface area contributed by atoms with Gasteiger partial charge >= 0.3 is 5.97 Å². The Morgan fingerprint density at radius 1 is 1.14 bits per heavy atom. The number of aromatic amines is 1. The van der Waals surface area contributed by atoms with Crippen molar-refractivity contribution >= 4 is 33.7 Å². The van der Waals surface area contributed by atoms with Gasteiger partial charge in [-0.3, -0.25) is 4.79 Å². The summed E-state index contributed by atoms with van der Waals surface area (Å²) in [5.74, 6) is -0.271. The third-order valence-electron chi connectivity index (χ3n) is 5.13. The topological polar surface area (TPSA) is 84.3 Å². The van der Waals surface area contributed by atoms with Crippen LogP contribution in [-0.2, 0) is 9.53 Å². The molecular weight excluding hydrogens is 368 g/mol. The van der Waals surface area contributed by atoms with Crippen molar-refractivity contribution < 1.29 is 18.7 Å². The van der Waals surface area contributed by atoms with Crippen LogP contribution in [0.3, 0.4) is 0 Å². The van der Waals surface area contributed by atoms with Crippen molar-refractivity contribution in [2.24, 2.45) is 0 Å². The molecule has 0 aliphatic rings. The molecule has 2 N–H and O–H groups in total. The maximum absolute atomic E-state index is 12.4. The summed E-state index contributed by atoms with van der Waals surface area (Å²) in [5.41, 5.74) is 4.30. The van der Waals surface area contributed by atoms with Gasteiger partial charge in [-0.1, -0.05) is 18.2 Å². The van der Waals surface area contributed by atoms with Gasteiger partial charge in [-0.05, 0) is 56.7 Å². The number of para-hydroxylation sites is 1. The van der Waals surface area contributed by atoms with Crippen LogP contribution in [0.15, 0.2) is 52.9 Å². The van der Waals surface area contributed by atoms with E-state index in [1.807, 2.05) is 57.2 Å². The largest absolute Gasteiger partial charge is 0.459 e. The zero-order valence-corrected chi connectivity index (χ0v) is 16.5. The van der Waals surface area contributed by atoms with E-state index in [4.69, 9.17) is 9.15 Å². The first-order valence-electron chi connectivity index (χ1n) is 9.46. The first kappa shape index (κ1) is 18.8. The van der Waals surface area contributed by atoms with Crippen molar-refractivity contribution in [3.8, 4) is 0 Å². The molecule has 6 heteroatoms. The lowest BCUT2D eigenvalue weighted by Crippen LogP contribution is -2.31. The Hall–Kier alpha value is -3.54. The lowest BCUT2D eigenvalue weighted by molar-refractivity contribution is -0.125. The second-order valence-corrected chi connectivity index (χ2v) is 7.19. The van der Waals surface area contributed by atoms with E-state index in [-0.39, 0.29) is 18.6 Å². The molecule has 2 aromatic carbocycles. The summed E-state index contributed by atoms with van der Waals surface area (Å²) in [7, 11) is 0. The normalized spacial score (nSPS) is 12.2. The molecule has 1 atom stereocenters. The van der Waals surface area contributed by atoms with Gasteiger partial charge in [0.1, 0.15) is 11.3 Å². The molecule has 1 amide bonds. The van der Waals surface area contributed by atoms with Crippen LogP contribution < -0.4 is 5.32 Å². The summed E-state index contributed by atoms with van der Waals surface area (Å²) in [4.78, 5) is 27.8. The molecule has 148 valence electrons. The molecule has 6 nitrogen and oxygen atoms in total. The third kappa shape index (κ3) is 3.74. The Kier molecular flexibility index (Phi) is 4.84. The van der Waals surface area contributed by atoms with Crippen LogP contribution in [0.5, 0.6) is 0 Å². The number of rotatable bonds is 5. The van der Waals surface area contributed by atoms with Crippen molar-refractivity contribution in [3.63, 3.8) is 0 Å². The number of hydrogen-bond donors (Lipinski definition) is 2. The second kappa shape index (κ2) is 7.47. The van der Waals surface area contributed by atoms with E-state index in [9.17, 15) is 9.59 Å². The zero-order valence-electron chi connectivity index (χ0n) is 16.5. The maximum Gasteiger partial charge on any atom is 0.338 e. The third-order valence-corrected chi connectivity index (χ3v) is 5.13. The molecule has 0 radical (unpaired) electrons. The molecule has 0 spiro atoms. The minimum absolute atomic E-state index is 0.338. The van der Waals surface area contributed by atoms with Crippen molar-refractivity contribution in [1.29, 1.82) is 0 Å². The summed E-state index contributed by atoms with van der Waals surface area (Å²) in [5, 5.41) is 4.74. The second-order valence-electron chi connectivity index (χ2n) is 7.19. The predicted molar refractivity (Wildman–Crippen MR) is 111 cm³/mol. The maximum atomic E-state index is 12.4. The average molecular weight is 390 g/mol. The van der Waals surface area contributed by atoms with E-state index in [0.29, 0.717) is 11.3 Å². The number of furan rings is 1.